The van der Waals surface area contributed by atoms with Crippen LogP contribution < -0.4 is 0 Å². The number of aryl methyl sites for hydroxylation is 1. The summed E-state index contributed by atoms with van der Waals surface area (Å²) in [5.74, 6) is 0.880. The molecule has 0 saturated carbocycles. The van der Waals surface area contributed by atoms with Crippen LogP contribution in [0.4, 0.5) is 0 Å². The van der Waals surface area contributed by atoms with Crippen LogP contribution in [0.25, 0.3) is 72.7 Å². The molecule has 1 N–H and O–H groups in total. The Labute approximate surface area is 425 Å². The van der Waals surface area contributed by atoms with Crippen molar-refractivity contribution < 1.29 is 30.3 Å². The molecule has 8 aromatic rings. The molecule has 0 aliphatic carbocycles. The van der Waals surface area contributed by atoms with E-state index in [-0.39, 0.29) is 53.9 Å². The van der Waals surface area contributed by atoms with Gasteiger partial charge in [0.2, 0.25) is 0 Å². The summed E-state index contributed by atoms with van der Waals surface area (Å²) in [5, 5.41) is 12.7. The van der Waals surface area contributed by atoms with Gasteiger partial charge < -0.3 is 5.11 Å². The van der Waals surface area contributed by atoms with Crippen molar-refractivity contribution in [3.05, 3.63) is 167 Å². The maximum atomic E-state index is 12.7. The Balaban J connectivity index is 0.00000741. The number of aromatic hydroxyl groups is 1. The summed E-state index contributed by atoms with van der Waals surface area (Å²) in [6, 6.07) is 45.8. The van der Waals surface area contributed by atoms with Crippen LogP contribution in [0.3, 0.4) is 0 Å². The first-order chi connectivity index (χ1) is 32.4. The van der Waals surface area contributed by atoms with E-state index in [2.05, 4.69) is 205 Å². The Morgan fingerprint density at radius 3 is 1.71 bits per heavy atom. The van der Waals surface area contributed by atoms with Gasteiger partial charge in [-0.1, -0.05) is 205 Å². The Morgan fingerprint density at radius 2 is 1.10 bits per heavy atom. The molecule has 0 aliphatic heterocycles. The molecule has 0 fully saturated rings. The van der Waals surface area contributed by atoms with E-state index in [9.17, 15) is 5.11 Å². The van der Waals surface area contributed by atoms with Crippen LogP contribution in [0.15, 0.2) is 128 Å². The molecule has 0 spiro atoms. The van der Waals surface area contributed by atoms with E-state index in [0.29, 0.717) is 17.0 Å². The van der Waals surface area contributed by atoms with Gasteiger partial charge in [0.25, 0.3) is 0 Å². The van der Waals surface area contributed by atoms with E-state index in [1.165, 1.54) is 11.1 Å². The summed E-state index contributed by atoms with van der Waals surface area (Å²) in [5.41, 5.74) is 15.6. The molecular formula is C63H70N3OPt-. The molecule has 0 saturated heterocycles. The molecule has 0 bridgehead atoms. The van der Waals surface area contributed by atoms with E-state index < -0.39 is 6.85 Å². The van der Waals surface area contributed by atoms with Gasteiger partial charge in [-0.3, -0.25) is 9.55 Å². The zero-order valence-corrected chi connectivity index (χ0v) is 45.0. The van der Waals surface area contributed by atoms with Gasteiger partial charge in [-0.15, -0.1) is 29.3 Å². The molecule has 0 atom stereocenters. The molecular weight excluding hydrogens is 1010 g/mol. The van der Waals surface area contributed by atoms with Gasteiger partial charge in [0.05, 0.1) is 22.3 Å². The van der Waals surface area contributed by atoms with Gasteiger partial charge in [-0.25, -0.2) is 4.98 Å². The van der Waals surface area contributed by atoms with Crippen LogP contribution in [0.5, 0.6) is 5.75 Å². The fourth-order valence-corrected chi connectivity index (χ4v) is 8.83. The van der Waals surface area contributed by atoms with Gasteiger partial charge in [-0.2, -0.15) is 0 Å². The van der Waals surface area contributed by atoms with Crippen molar-refractivity contribution in [2.45, 2.75) is 138 Å². The molecule has 2 heterocycles. The normalized spacial score (nSPS) is 13.5. The van der Waals surface area contributed by atoms with Gasteiger partial charge in [-0.05, 0) is 91.6 Å². The van der Waals surface area contributed by atoms with Crippen LogP contribution in [-0.2, 0) is 48.1 Å². The number of benzene rings is 6. The van der Waals surface area contributed by atoms with E-state index in [4.69, 9.17) is 14.1 Å². The summed E-state index contributed by atoms with van der Waals surface area (Å²) in [4.78, 5) is 10.6. The van der Waals surface area contributed by atoms with Gasteiger partial charge in [0, 0.05) is 48.2 Å². The first kappa shape index (κ1) is 46.2. The second-order valence-corrected chi connectivity index (χ2v) is 23.6. The van der Waals surface area contributed by atoms with E-state index in [0.717, 1.165) is 78.0 Å². The first-order valence-corrected chi connectivity index (χ1v) is 23.7. The third-order valence-corrected chi connectivity index (χ3v) is 13.2. The zero-order valence-electron chi connectivity index (χ0n) is 45.7. The molecule has 5 heteroatoms. The number of hydrogen-bond acceptors (Lipinski definition) is 3. The maximum absolute atomic E-state index is 12.7. The topological polar surface area (TPSA) is 50.9 Å². The number of phenolic OH excluding ortho intramolecular Hbond substituents is 1. The van der Waals surface area contributed by atoms with Crippen molar-refractivity contribution in [1.29, 1.82) is 0 Å². The van der Waals surface area contributed by atoms with Crippen molar-refractivity contribution in [3.8, 4) is 67.5 Å². The van der Waals surface area contributed by atoms with Crippen molar-refractivity contribution in [1.82, 2.24) is 14.5 Å². The molecule has 354 valence electrons. The number of fused-ring (bicyclic) bond motifs is 1. The molecule has 2 aromatic heterocycles. The fraction of sp³-hybridized carbons (Fsp3) is 0.333. The number of nitrogens with zero attached hydrogens (tertiary/aromatic N) is 3. The molecule has 68 heavy (non-hydrogen) atoms. The SMILES string of the molecule is [2H]C([2H])([2H])c1ccc(-c2ccnc(-c3[c-]c(-c4cccc5c4nc(-c4cc(C(C)(C)C)cc(C(C)(C)C)c4O)n5-c4cc(C(C)(C)C)ccc4-c4ccc(C(C)(C)C)cc4)cc(C(C)(C)C)c3)c2)cc1.[Pt]. The summed E-state index contributed by atoms with van der Waals surface area (Å²) >= 11 is 0. The van der Waals surface area contributed by atoms with Crippen molar-refractivity contribution >= 4 is 11.0 Å². The summed E-state index contributed by atoms with van der Waals surface area (Å²) in [7, 11) is 0. The van der Waals surface area contributed by atoms with E-state index >= 15 is 0 Å². The zero-order chi connectivity index (χ0) is 51.1. The molecule has 0 aliphatic rings. The molecule has 0 amide bonds. The average molecular weight is 1080 g/mol. The quantitative estimate of drug-likeness (QED) is 0.169. The Morgan fingerprint density at radius 1 is 0.515 bits per heavy atom. The summed E-state index contributed by atoms with van der Waals surface area (Å²) in [6.45, 7) is 31.1. The fourth-order valence-electron chi connectivity index (χ4n) is 8.83. The number of para-hydroxylation sites is 1. The average Bonchev–Trinajstić information content (AvgIpc) is 3.66. The Hall–Kier alpha value is -5.57. The third kappa shape index (κ3) is 10.1. The van der Waals surface area contributed by atoms with Gasteiger partial charge >= 0.3 is 0 Å². The van der Waals surface area contributed by atoms with Crippen LogP contribution in [-0.4, -0.2) is 19.6 Å². The van der Waals surface area contributed by atoms with Crippen LogP contribution in [0.1, 0.15) is 141 Å². The second-order valence-electron chi connectivity index (χ2n) is 23.6. The number of imidazole rings is 1. The van der Waals surface area contributed by atoms with Crippen molar-refractivity contribution in [2.75, 3.05) is 0 Å². The third-order valence-electron chi connectivity index (χ3n) is 13.2. The minimum Gasteiger partial charge on any atom is -0.507 e. The first-order valence-electron chi connectivity index (χ1n) is 25.2. The molecule has 6 aromatic carbocycles. The standard InChI is InChI=1S/C63H70N3O.Pt/c1-39-20-22-40(23-21-39)42-30-31-64-53(35-42)44-32-43(33-47(34-44)61(8,9)10)50-18-17-19-54-56(50)65-58(51-36-48(62(11,12)13)37-52(57(51)67)63(14,15)16)66(54)55-38-46(60(5,6)7)28-29-49(55)41-24-26-45(27-25-41)59(2,3)4;/h17-31,33-38,67H,1-16H3;/q-1;/i1D3;. The smallest absolute Gasteiger partial charge is 0.148 e. The molecule has 0 unspecified atom stereocenters. The summed E-state index contributed by atoms with van der Waals surface area (Å²) in [6.07, 6.45) is 1.80. The van der Waals surface area contributed by atoms with Crippen molar-refractivity contribution in [3.63, 3.8) is 0 Å². The van der Waals surface area contributed by atoms with E-state index in [1.807, 2.05) is 18.2 Å². The molecule has 8 rings (SSSR count). The van der Waals surface area contributed by atoms with Crippen LogP contribution in [0, 0.1) is 12.9 Å². The number of rotatable bonds is 6. The number of aromatic nitrogens is 3. The molecule has 0 radical (unpaired) electrons. The Kier molecular flexibility index (Phi) is 12.3. The van der Waals surface area contributed by atoms with E-state index in [1.54, 1.807) is 18.3 Å². The summed E-state index contributed by atoms with van der Waals surface area (Å²) < 4.78 is 25.9. The number of pyridine rings is 1. The second kappa shape index (κ2) is 18.1. The van der Waals surface area contributed by atoms with Crippen LogP contribution in [0.2, 0.25) is 0 Å². The molecule has 4 nitrogen and oxygen atoms in total. The minimum atomic E-state index is -2.18. The maximum Gasteiger partial charge on any atom is 0.148 e. The van der Waals surface area contributed by atoms with Gasteiger partial charge in [0.1, 0.15) is 11.6 Å². The number of hydrogen-bond donors (Lipinski definition) is 1. The predicted octanol–water partition coefficient (Wildman–Crippen LogP) is 17.1. The van der Waals surface area contributed by atoms with Crippen molar-refractivity contribution in [2.24, 2.45) is 0 Å². The predicted molar refractivity (Wildman–Crippen MR) is 285 cm³/mol. The monoisotopic (exact) mass is 1080 g/mol. The minimum absolute atomic E-state index is 0. The number of phenols is 1. The van der Waals surface area contributed by atoms with Crippen LogP contribution >= 0.6 is 0 Å². The largest absolute Gasteiger partial charge is 0.507 e. The van der Waals surface area contributed by atoms with Gasteiger partial charge in [0.15, 0.2) is 0 Å². The Bertz CT molecular complexity index is 3250.